The summed E-state index contributed by atoms with van der Waals surface area (Å²) in [7, 11) is 0. The minimum atomic E-state index is -0.548. The summed E-state index contributed by atoms with van der Waals surface area (Å²) in [6.07, 6.45) is 71.4. The van der Waals surface area contributed by atoms with E-state index in [1.165, 1.54) is 154 Å². The average molecular weight is 823 g/mol. The van der Waals surface area contributed by atoms with Crippen molar-refractivity contribution in [1.82, 2.24) is 0 Å². The zero-order chi connectivity index (χ0) is 42.6. The molecule has 0 saturated carbocycles. The van der Waals surface area contributed by atoms with Crippen LogP contribution in [0.1, 0.15) is 245 Å². The lowest BCUT2D eigenvalue weighted by Crippen LogP contribution is -2.27. The van der Waals surface area contributed by atoms with E-state index in [0.29, 0.717) is 13.0 Å². The van der Waals surface area contributed by atoms with Crippen molar-refractivity contribution in [2.24, 2.45) is 0 Å². The van der Waals surface area contributed by atoms with E-state index in [0.717, 1.165) is 70.6 Å². The number of carbonyl (C=O) groups excluding carboxylic acids is 1. The third-order valence-electron chi connectivity index (χ3n) is 11.0. The molecule has 0 aliphatic carbocycles. The van der Waals surface area contributed by atoms with Gasteiger partial charge in [0.2, 0.25) is 0 Å². The molecule has 0 saturated heterocycles. The van der Waals surface area contributed by atoms with Gasteiger partial charge in [-0.15, -0.1) is 0 Å². The fourth-order valence-corrected chi connectivity index (χ4v) is 7.27. The summed E-state index contributed by atoms with van der Waals surface area (Å²) in [4.78, 5) is 12.3. The van der Waals surface area contributed by atoms with Crippen LogP contribution in [0.15, 0.2) is 72.9 Å². The molecule has 59 heavy (non-hydrogen) atoms. The van der Waals surface area contributed by atoms with Crippen molar-refractivity contribution in [1.29, 1.82) is 0 Å². The molecular formula is C55H98O4. The van der Waals surface area contributed by atoms with Gasteiger partial charge in [0.25, 0.3) is 0 Å². The summed E-state index contributed by atoms with van der Waals surface area (Å²) in [5.74, 6) is -0.206. The molecule has 0 heterocycles. The number of allylic oxidation sites excluding steroid dienone is 12. The van der Waals surface area contributed by atoms with Crippen LogP contribution in [0.5, 0.6) is 0 Å². The molecule has 0 aromatic heterocycles. The second-order valence-corrected chi connectivity index (χ2v) is 16.9. The van der Waals surface area contributed by atoms with Gasteiger partial charge in [0.05, 0.1) is 13.2 Å². The Morgan fingerprint density at radius 3 is 1.15 bits per heavy atom. The highest BCUT2D eigenvalue weighted by atomic mass is 16.6. The van der Waals surface area contributed by atoms with Crippen molar-refractivity contribution in [3.05, 3.63) is 72.9 Å². The maximum absolute atomic E-state index is 12.3. The van der Waals surface area contributed by atoms with Crippen molar-refractivity contribution in [2.45, 2.75) is 251 Å². The minimum Gasteiger partial charge on any atom is -0.457 e. The number of aliphatic hydroxyl groups excluding tert-OH is 1. The fraction of sp³-hybridized carbons (Fsp3) is 0.764. The van der Waals surface area contributed by atoms with Crippen LogP contribution in [0.2, 0.25) is 0 Å². The molecule has 4 heteroatoms. The molecule has 0 rings (SSSR count). The molecule has 4 nitrogen and oxygen atoms in total. The molecule has 1 unspecified atom stereocenters. The molecular weight excluding hydrogens is 725 g/mol. The van der Waals surface area contributed by atoms with Crippen LogP contribution in [0.25, 0.3) is 0 Å². The number of ether oxygens (including phenoxy) is 2. The van der Waals surface area contributed by atoms with Crippen LogP contribution in [0.4, 0.5) is 0 Å². The maximum atomic E-state index is 12.3. The van der Waals surface area contributed by atoms with Crippen LogP contribution < -0.4 is 0 Å². The first-order valence-corrected chi connectivity index (χ1v) is 25.5. The van der Waals surface area contributed by atoms with E-state index in [1.54, 1.807) is 0 Å². The third kappa shape index (κ3) is 50.1. The maximum Gasteiger partial charge on any atom is 0.306 e. The Morgan fingerprint density at radius 1 is 0.424 bits per heavy atom. The van der Waals surface area contributed by atoms with Gasteiger partial charge in [-0.25, -0.2) is 0 Å². The van der Waals surface area contributed by atoms with Crippen LogP contribution in [0, 0.1) is 0 Å². The molecule has 342 valence electrons. The number of aliphatic hydroxyl groups is 1. The fourth-order valence-electron chi connectivity index (χ4n) is 7.27. The monoisotopic (exact) mass is 823 g/mol. The normalized spacial score (nSPS) is 12.9. The van der Waals surface area contributed by atoms with Crippen LogP contribution in [0.3, 0.4) is 0 Å². The highest BCUT2D eigenvalue weighted by Crippen LogP contribution is 2.16. The van der Waals surface area contributed by atoms with Crippen LogP contribution in [-0.2, 0) is 14.3 Å². The van der Waals surface area contributed by atoms with Crippen molar-refractivity contribution in [3.8, 4) is 0 Å². The topological polar surface area (TPSA) is 55.8 Å². The van der Waals surface area contributed by atoms with Gasteiger partial charge in [0.15, 0.2) is 0 Å². The van der Waals surface area contributed by atoms with E-state index in [4.69, 9.17) is 9.47 Å². The SMILES string of the molecule is CC/C=C\C/C=C\C/C=C\C/C=C\C/C=C\C/C=C\CCCCCCCOCC(CO)OC(=O)CCCCCCCCCCCCCCCCCCCCCCCCC. The van der Waals surface area contributed by atoms with Crippen LogP contribution >= 0.6 is 0 Å². The second kappa shape index (κ2) is 52.0. The summed E-state index contributed by atoms with van der Waals surface area (Å²) >= 11 is 0. The number of hydrogen-bond donors (Lipinski definition) is 1. The molecule has 1 atom stereocenters. The average Bonchev–Trinajstić information content (AvgIpc) is 3.24. The van der Waals surface area contributed by atoms with Gasteiger partial charge in [-0.05, 0) is 64.2 Å². The first kappa shape index (κ1) is 56.8. The first-order valence-electron chi connectivity index (χ1n) is 25.5. The van der Waals surface area contributed by atoms with Crippen molar-refractivity contribution in [2.75, 3.05) is 19.8 Å². The van der Waals surface area contributed by atoms with Gasteiger partial charge in [-0.1, -0.05) is 247 Å². The lowest BCUT2D eigenvalue weighted by atomic mass is 10.0. The predicted molar refractivity (Wildman–Crippen MR) is 260 cm³/mol. The highest BCUT2D eigenvalue weighted by molar-refractivity contribution is 5.69. The van der Waals surface area contributed by atoms with Gasteiger partial charge in [0.1, 0.15) is 6.10 Å². The summed E-state index contributed by atoms with van der Waals surface area (Å²) in [6, 6.07) is 0. The first-order chi connectivity index (χ1) is 29.2. The zero-order valence-corrected chi connectivity index (χ0v) is 39.3. The zero-order valence-electron chi connectivity index (χ0n) is 39.3. The standard InChI is InChI=1S/C55H98O4/c1-3-5-7-9-11-13-15-17-19-21-23-25-27-29-31-33-35-37-39-41-43-45-47-49-51-58-53-54(52-56)59-55(57)50-48-46-44-42-40-38-36-34-32-30-28-26-24-22-20-18-16-14-12-10-8-6-4-2/h5,7,11,13,17,19,23,25,29,31,35,37,54,56H,3-4,6,8-10,12,14-16,18,20-22,24,26-28,30,32-34,36,38-53H2,1-2H3/b7-5-,13-11-,19-17-,25-23-,31-29-,37-35-. The second-order valence-electron chi connectivity index (χ2n) is 16.9. The van der Waals surface area contributed by atoms with Gasteiger partial charge >= 0.3 is 5.97 Å². The molecule has 1 N–H and O–H groups in total. The molecule has 0 aliphatic rings. The Morgan fingerprint density at radius 2 is 0.763 bits per heavy atom. The largest absolute Gasteiger partial charge is 0.457 e. The summed E-state index contributed by atoms with van der Waals surface area (Å²) in [5, 5.41) is 9.65. The summed E-state index contributed by atoms with van der Waals surface area (Å²) < 4.78 is 11.2. The molecule has 0 bridgehead atoms. The Bertz CT molecular complexity index is 1000. The quantitative estimate of drug-likeness (QED) is 0.0377. The highest BCUT2D eigenvalue weighted by Gasteiger charge is 2.13. The molecule has 0 amide bonds. The third-order valence-corrected chi connectivity index (χ3v) is 11.0. The summed E-state index contributed by atoms with van der Waals surface area (Å²) in [5.41, 5.74) is 0. The molecule has 0 aliphatic heterocycles. The smallest absolute Gasteiger partial charge is 0.306 e. The van der Waals surface area contributed by atoms with E-state index in [2.05, 4.69) is 86.8 Å². The molecule has 0 fully saturated rings. The molecule has 0 aromatic rings. The Hall–Kier alpha value is -2.17. The van der Waals surface area contributed by atoms with Gasteiger partial charge in [-0.3, -0.25) is 4.79 Å². The number of esters is 1. The van der Waals surface area contributed by atoms with E-state index >= 15 is 0 Å². The number of hydrogen-bond acceptors (Lipinski definition) is 4. The Labute approximate surface area is 367 Å². The Balaban J connectivity index is 3.46. The van der Waals surface area contributed by atoms with E-state index in [-0.39, 0.29) is 19.2 Å². The number of carbonyl (C=O) groups is 1. The van der Waals surface area contributed by atoms with Crippen molar-refractivity contribution < 1.29 is 19.4 Å². The number of rotatable bonds is 47. The molecule has 0 spiro atoms. The lowest BCUT2D eigenvalue weighted by molar-refractivity contribution is -0.154. The molecule has 0 radical (unpaired) electrons. The van der Waals surface area contributed by atoms with Gasteiger partial charge in [-0.2, -0.15) is 0 Å². The lowest BCUT2D eigenvalue weighted by Gasteiger charge is -2.15. The van der Waals surface area contributed by atoms with Crippen molar-refractivity contribution >= 4 is 5.97 Å². The van der Waals surface area contributed by atoms with Gasteiger partial charge < -0.3 is 14.6 Å². The summed E-state index contributed by atoms with van der Waals surface area (Å²) in [6.45, 7) is 5.21. The number of unbranched alkanes of at least 4 members (excludes halogenated alkanes) is 27. The predicted octanol–water partition coefficient (Wildman–Crippen LogP) is 17.3. The molecule has 0 aromatic carbocycles. The van der Waals surface area contributed by atoms with E-state index < -0.39 is 6.10 Å². The van der Waals surface area contributed by atoms with Crippen molar-refractivity contribution in [3.63, 3.8) is 0 Å². The Kier molecular flexibility index (Phi) is 50.1. The minimum absolute atomic E-state index is 0.181. The van der Waals surface area contributed by atoms with E-state index in [9.17, 15) is 9.90 Å². The van der Waals surface area contributed by atoms with Crippen LogP contribution in [-0.4, -0.2) is 37.0 Å². The van der Waals surface area contributed by atoms with Gasteiger partial charge in [0, 0.05) is 13.0 Å². The van der Waals surface area contributed by atoms with E-state index in [1.807, 2.05) is 0 Å².